The van der Waals surface area contributed by atoms with Crippen molar-refractivity contribution in [1.82, 2.24) is 5.32 Å². The molecule has 0 bridgehead atoms. The maximum Gasteiger partial charge on any atom is 0.224 e. The average molecular weight is 275 g/mol. The minimum atomic E-state index is -0.0715. The van der Waals surface area contributed by atoms with Crippen LogP contribution in [0.3, 0.4) is 0 Å². The molecule has 0 saturated carbocycles. The van der Waals surface area contributed by atoms with Gasteiger partial charge < -0.3 is 11.1 Å². The highest BCUT2D eigenvalue weighted by atomic mass is 35.5. The standard InChI is InChI=1S/C15H15ClN2O/c16-13-7-3-1-6-12(13)10-18-15(19)9-11-5-2-4-8-14(11)17/h1-8H,9-10,17H2,(H,18,19). The fourth-order valence-electron chi connectivity index (χ4n) is 1.77. The van der Waals surface area contributed by atoms with Crippen LogP contribution >= 0.6 is 11.6 Å². The summed E-state index contributed by atoms with van der Waals surface area (Å²) in [6.45, 7) is 0.422. The molecule has 0 radical (unpaired) electrons. The molecule has 98 valence electrons. The van der Waals surface area contributed by atoms with Gasteiger partial charge in [0.25, 0.3) is 0 Å². The minimum Gasteiger partial charge on any atom is -0.398 e. The second-order valence-corrected chi connectivity index (χ2v) is 4.65. The molecule has 0 heterocycles. The molecule has 0 fully saturated rings. The van der Waals surface area contributed by atoms with Crippen LogP contribution in [0, 0.1) is 0 Å². The monoisotopic (exact) mass is 274 g/mol. The number of amides is 1. The van der Waals surface area contributed by atoms with Crippen molar-refractivity contribution >= 4 is 23.2 Å². The van der Waals surface area contributed by atoms with Gasteiger partial charge in [0, 0.05) is 17.3 Å². The summed E-state index contributed by atoms with van der Waals surface area (Å²) in [6, 6.07) is 14.8. The van der Waals surface area contributed by atoms with Crippen LogP contribution in [-0.4, -0.2) is 5.91 Å². The maximum atomic E-state index is 11.8. The van der Waals surface area contributed by atoms with E-state index in [1.807, 2.05) is 36.4 Å². The molecule has 0 saturated heterocycles. The van der Waals surface area contributed by atoms with Gasteiger partial charge in [0.2, 0.25) is 5.91 Å². The van der Waals surface area contributed by atoms with Gasteiger partial charge in [-0.3, -0.25) is 4.79 Å². The molecule has 0 aliphatic heterocycles. The number of anilines is 1. The minimum absolute atomic E-state index is 0.0715. The zero-order chi connectivity index (χ0) is 13.7. The molecule has 0 spiro atoms. The molecule has 0 aromatic heterocycles. The summed E-state index contributed by atoms with van der Waals surface area (Å²) in [5.74, 6) is -0.0715. The van der Waals surface area contributed by atoms with E-state index >= 15 is 0 Å². The van der Waals surface area contributed by atoms with Gasteiger partial charge in [-0.1, -0.05) is 48.0 Å². The third-order valence-electron chi connectivity index (χ3n) is 2.84. The number of carbonyl (C=O) groups excluding carboxylic acids is 1. The third kappa shape index (κ3) is 3.73. The average Bonchev–Trinajstić information content (AvgIpc) is 2.40. The van der Waals surface area contributed by atoms with E-state index in [4.69, 9.17) is 17.3 Å². The Bertz CT molecular complexity index is 584. The van der Waals surface area contributed by atoms with E-state index in [9.17, 15) is 4.79 Å². The number of para-hydroxylation sites is 1. The number of hydrogen-bond acceptors (Lipinski definition) is 2. The summed E-state index contributed by atoms with van der Waals surface area (Å²) in [5.41, 5.74) is 8.17. The molecule has 0 unspecified atom stereocenters. The van der Waals surface area contributed by atoms with Crippen molar-refractivity contribution in [2.24, 2.45) is 0 Å². The molecule has 4 heteroatoms. The van der Waals surface area contributed by atoms with Gasteiger partial charge in [0.1, 0.15) is 0 Å². The van der Waals surface area contributed by atoms with Crippen LogP contribution in [0.25, 0.3) is 0 Å². The van der Waals surface area contributed by atoms with E-state index < -0.39 is 0 Å². The van der Waals surface area contributed by atoms with E-state index in [-0.39, 0.29) is 12.3 Å². The first-order chi connectivity index (χ1) is 9.16. The highest BCUT2D eigenvalue weighted by molar-refractivity contribution is 6.31. The Kier molecular flexibility index (Phi) is 4.42. The first-order valence-electron chi connectivity index (χ1n) is 6.00. The molecule has 3 nitrogen and oxygen atoms in total. The van der Waals surface area contributed by atoms with Crippen molar-refractivity contribution < 1.29 is 4.79 Å². The zero-order valence-electron chi connectivity index (χ0n) is 10.4. The molecule has 3 N–H and O–H groups in total. The Hall–Kier alpha value is -2.00. The first kappa shape index (κ1) is 13.4. The van der Waals surface area contributed by atoms with Crippen molar-refractivity contribution in [3.8, 4) is 0 Å². The van der Waals surface area contributed by atoms with E-state index in [2.05, 4.69) is 5.32 Å². The predicted octanol–water partition coefficient (Wildman–Crippen LogP) is 2.78. The smallest absolute Gasteiger partial charge is 0.224 e. The summed E-state index contributed by atoms with van der Waals surface area (Å²) >= 11 is 6.02. The first-order valence-corrected chi connectivity index (χ1v) is 6.38. The van der Waals surface area contributed by atoms with Gasteiger partial charge in [-0.25, -0.2) is 0 Å². The number of halogens is 1. The maximum absolute atomic E-state index is 11.8. The third-order valence-corrected chi connectivity index (χ3v) is 3.21. The van der Waals surface area contributed by atoms with Crippen LogP contribution in [0.4, 0.5) is 5.69 Å². The summed E-state index contributed by atoms with van der Waals surface area (Å²) in [4.78, 5) is 11.8. The van der Waals surface area contributed by atoms with Gasteiger partial charge in [0.15, 0.2) is 0 Å². The molecule has 0 aliphatic rings. The highest BCUT2D eigenvalue weighted by Crippen LogP contribution is 2.15. The number of nitrogens with one attached hydrogen (secondary N) is 1. The number of nitrogens with two attached hydrogens (primary N) is 1. The van der Waals surface area contributed by atoms with E-state index in [0.717, 1.165) is 11.1 Å². The van der Waals surface area contributed by atoms with Crippen LogP contribution in [0.1, 0.15) is 11.1 Å². The number of benzene rings is 2. The van der Waals surface area contributed by atoms with Crippen LogP contribution in [0.15, 0.2) is 48.5 Å². The molecular formula is C15H15ClN2O. The predicted molar refractivity (Wildman–Crippen MR) is 77.9 cm³/mol. The van der Waals surface area contributed by atoms with Crippen LogP contribution in [0.5, 0.6) is 0 Å². The second-order valence-electron chi connectivity index (χ2n) is 4.24. The molecule has 0 aliphatic carbocycles. The Morgan fingerprint density at radius 1 is 1.05 bits per heavy atom. The van der Waals surface area contributed by atoms with Crippen molar-refractivity contribution in [2.45, 2.75) is 13.0 Å². The molecule has 2 aromatic rings. The van der Waals surface area contributed by atoms with Crippen molar-refractivity contribution in [3.63, 3.8) is 0 Å². The van der Waals surface area contributed by atoms with E-state index in [1.54, 1.807) is 12.1 Å². The van der Waals surface area contributed by atoms with Crippen molar-refractivity contribution in [1.29, 1.82) is 0 Å². The Morgan fingerprint density at radius 2 is 1.68 bits per heavy atom. The molecule has 2 aromatic carbocycles. The Labute approximate surface area is 117 Å². The topological polar surface area (TPSA) is 55.1 Å². The molecule has 0 atom stereocenters. The molecular weight excluding hydrogens is 260 g/mol. The zero-order valence-corrected chi connectivity index (χ0v) is 11.2. The lowest BCUT2D eigenvalue weighted by atomic mass is 10.1. The molecule has 1 amide bonds. The van der Waals surface area contributed by atoms with Crippen molar-refractivity contribution in [3.05, 3.63) is 64.7 Å². The van der Waals surface area contributed by atoms with Gasteiger partial charge in [-0.05, 0) is 23.3 Å². The molecule has 2 rings (SSSR count). The van der Waals surface area contributed by atoms with Gasteiger partial charge in [-0.2, -0.15) is 0 Å². The van der Waals surface area contributed by atoms with Crippen LogP contribution in [0.2, 0.25) is 5.02 Å². The number of rotatable bonds is 4. The summed E-state index contributed by atoms with van der Waals surface area (Å²) < 4.78 is 0. The molecule has 19 heavy (non-hydrogen) atoms. The summed E-state index contributed by atoms with van der Waals surface area (Å²) in [5, 5.41) is 3.49. The van der Waals surface area contributed by atoms with E-state index in [0.29, 0.717) is 17.3 Å². The lowest BCUT2D eigenvalue weighted by Gasteiger charge is -2.08. The summed E-state index contributed by atoms with van der Waals surface area (Å²) in [6.07, 6.45) is 0.275. The quantitative estimate of drug-likeness (QED) is 0.843. The van der Waals surface area contributed by atoms with Gasteiger partial charge in [-0.15, -0.1) is 0 Å². The van der Waals surface area contributed by atoms with Gasteiger partial charge in [0.05, 0.1) is 6.42 Å². The van der Waals surface area contributed by atoms with Crippen LogP contribution in [-0.2, 0) is 17.8 Å². The highest BCUT2D eigenvalue weighted by Gasteiger charge is 2.06. The van der Waals surface area contributed by atoms with E-state index in [1.165, 1.54) is 0 Å². The largest absolute Gasteiger partial charge is 0.398 e. The Balaban J connectivity index is 1.92. The SMILES string of the molecule is Nc1ccccc1CC(=O)NCc1ccccc1Cl. The second kappa shape index (κ2) is 6.25. The fraction of sp³-hybridized carbons (Fsp3) is 0.133. The fourth-order valence-corrected chi connectivity index (χ4v) is 1.97. The normalized spacial score (nSPS) is 10.2. The lowest BCUT2D eigenvalue weighted by molar-refractivity contribution is -0.120. The lowest BCUT2D eigenvalue weighted by Crippen LogP contribution is -2.25. The number of nitrogen functional groups attached to an aromatic ring is 1. The number of hydrogen-bond donors (Lipinski definition) is 2. The van der Waals surface area contributed by atoms with Crippen molar-refractivity contribution in [2.75, 3.05) is 5.73 Å². The Morgan fingerprint density at radius 3 is 2.37 bits per heavy atom. The van der Waals surface area contributed by atoms with Crippen LogP contribution < -0.4 is 11.1 Å². The number of carbonyl (C=O) groups is 1. The van der Waals surface area contributed by atoms with Gasteiger partial charge >= 0.3 is 0 Å². The summed E-state index contributed by atoms with van der Waals surface area (Å²) in [7, 11) is 0.